The number of aryl methyl sites for hydroxylation is 2. The van der Waals surface area contributed by atoms with E-state index >= 15 is 0 Å². The van der Waals surface area contributed by atoms with Gasteiger partial charge in [0.15, 0.2) is 0 Å². The van der Waals surface area contributed by atoms with Crippen molar-refractivity contribution >= 4 is 23.4 Å². The van der Waals surface area contributed by atoms with Gasteiger partial charge in [-0.25, -0.2) is 0 Å². The fraction of sp³-hybridized carbons (Fsp3) is 0.292. The van der Waals surface area contributed by atoms with Crippen molar-refractivity contribution in [1.29, 1.82) is 0 Å². The second-order valence-corrected chi connectivity index (χ2v) is 9.44. The Labute approximate surface area is 177 Å². The van der Waals surface area contributed by atoms with Crippen molar-refractivity contribution in [2.45, 2.75) is 34.6 Å². The molecule has 2 aromatic carbocycles. The number of carbonyl (C=O) groups excluding carboxylic acids is 1. The molecule has 1 heterocycles. The molecule has 0 saturated carbocycles. The number of thioether (sulfide) groups is 1. The van der Waals surface area contributed by atoms with Crippen LogP contribution in [0.1, 0.15) is 42.3 Å². The van der Waals surface area contributed by atoms with Crippen molar-refractivity contribution in [2.24, 2.45) is 5.41 Å². The quantitative estimate of drug-likeness (QED) is 0.664. The minimum Gasteiger partial charge on any atom is -0.507 e. The lowest BCUT2D eigenvalue weighted by atomic mass is 9.93. The number of hydrogen-bond donors (Lipinski definition) is 2. The Balaban J connectivity index is 1.78. The number of para-hydroxylation sites is 1. The van der Waals surface area contributed by atoms with Gasteiger partial charge >= 0.3 is 0 Å². The maximum absolute atomic E-state index is 12.4. The zero-order chi connectivity index (χ0) is 21.2. The number of carbonyl (C=O) groups is 1. The van der Waals surface area contributed by atoms with Crippen molar-refractivity contribution in [3.8, 4) is 5.75 Å². The highest BCUT2D eigenvalue weighted by atomic mass is 32.2. The van der Waals surface area contributed by atoms with E-state index in [0.29, 0.717) is 12.1 Å². The van der Waals surface area contributed by atoms with E-state index in [1.54, 1.807) is 30.0 Å². The number of amides is 1. The molecule has 2 N–H and O–H groups in total. The molecule has 1 amide bonds. The molecule has 0 radical (unpaired) electrons. The van der Waals surface area contributed by atoms with E-state index in [9.17, 15) is 9.90 Å². The first-order valence-corrected chi connectivity index (χ1v) is 10.5. The third kappa shape index (κ3) is 5.04. The van der Waals surface area contributed by atoms with Crippen LogP contribution in [-0.2, 0) is 0 Å². The van der Waals surface area contributed by atoms with Gasteiger partial charge in [0.05, 0.1) is 10.6 Å². The molecule has 152 valence electrons. The zero-order valence-electron chi connectivity index (χ0n) is 17.6. The summed E-state index contributed by atoms with van der Waals surface area (Å²) >= 11 is 1.74. The van der Waals surface area contributed by atoms with Crippen LogP contribution in [-0.4, -0.2) is 17.6 Å². The molecular formula is C24H28N2O2S. The minimum atomic E-state index is -0.269. The van der Waals surface area contributed by atoms with Crippen LogP contribution in [0, 0.1) is 19.3 Å². The Hall–Kier alpha value is -2.66. The number of nitrogens with zero attached hydrogens (tertiary/aromatic N) is 1. The van der Waals surface area contributed by atoms with Crippen LogP contribution in [0.3, 0.4) is 0 Å². The molecule has 0 unspecified atom stereocenters. The Morgan fingerprint density at radius 1 is 1.17 bits per heavy atom. The molecule has 0 bridgehead atoms. The minimum absolute atomic E-state index is 0.00615. The maximum Gasteiger partial charge on any atom is 0.255 e. The molecule has 0 saturated heterocycles. The first kappa shape index (κ1) is 21.1. The molecule has 2 aromatic rings. The van der Waals surface area contributed by atoms with Crippen LogP contribution < -0.4 is 10.2 Å². The summed E-state index contributed by atoms with van der Waals surface area (Å²) in [6, 6.07) is 13.1. The second-order valence-electron chi connectivity index (χ2n) is 8.17. The third-order valence-corrected chi connectivity index (χ3v) is 5.74. The van der Waals surface area contributed by atoms with Gasteiger partial charge in [0.2, 0.25) is 0 Å². The van der Waals surface area contributed by atoms with Gasteiger partial charge in [0.1, 0.15) is 5.75 Å². The molecule has 29 heavy (non-hydrogen) atoms. The summed E-state index contributed by atoms with van der Waals surface area (Å²) in [5.41, 5.74) is 3.67. The van der Waals surface area contributed by atoms with Crippen molar-refractivity contribution in [3.63, 3.8) is 0 Å². The lowest BCUT2D eigenvalue weighted by Gasteiger charge is -2.26. The number of phenols is 1. The molecule has 0 atom stereocenters. The lowest BCUT2D eigenvalue weighted by Crippen LogP contribution is -2.33. The maximum atomic E-state index is 12.4. The van der Waals surface area contributed by atoms with Crippen molar-refractivity contribution < 1.29 is 9.90 Å². The van der Waals surface area contributed by atoms with Gasteiger partial charge in [0.25, 0.3) is 5.91 Å². The van der Waals surface area contributed by atoms with Crippen LogP contribution in [0.4, 0.5) is 5.69 Å². The lowest BCUT2D eigenvalue weighted by molar-refractivity contribution is 0.0940. The number of rotatable bonds is 5. The van der Waals surface area contributed by atoms with E-state index in [1.165, 1.54) is 27.8 Å². The fourth-order valence-corrected chi connectivity index (χ4v) is 4.42. The first-order chi connectivity index (χ1) is 13.7. The van der Waals surface area contributed by atoms with Crippen LogP contribution in [0.2, 0.25) is 0 Å². The predicted molar refractivity (Wildman–Crippen MR) is 122 cm³/mol. The van der Waals surface area contributed by atoms with Crippen molar-refractivity contribution in [1.82, 2.24) is 5.32 Å². The highest BCUT2D eigenvalue weighted by Crippen LogP contribution is 2.42. The number of aromatic hydroxyl groups is 1. The molecule has 4 nitrogen and oxygen atoms in total. The number of anilines is 1. The number of allylic oxidation sites excluding steroid dienone is 1. The molecule has 0 spiro atoms. The van der Waals surface area contributed by atoms with E-state index in [1.807, 2.05) is 0 Å². The Bertz CT molecular complexity index is 992. The number of phenolic OH excluding ortho intramolecular Hbond substituents is 1. The summed E-state index contributed by atoms with van der Waals surface area (Å²) in [6.45, 7) is 11.0. The van der Waals surface area contributed by atoms with Crippen molar-refractivity contribution in [3.05, 3.63) is 81.4 Å². The standard InChI is InChI=1S/C24H28N2O2S/c1-16-10-11-20(17(2)12-16)26-14-18(3)29-22(26)13-24(4,5)15-25-23(28)19-8-6-7-9-21(19)27/h6-14,27H,15H2,1-5H3,(H,25,28). The van der Waals surface area contributed by atoms with Gasteiger partial charge in [0, 0.05) is 28.8 Å². The van der Waals surface area contributed by atoms with Gasteiger partial charge in [-0.05, 0) is 50.6 Å². The molecular weight excluding hydrogens is 380 g/mol. The van der Waals surface area contributed by atoms with Crippen LogP contribution >= 0.6 is 11.8 Å². The summed E-state index contributed by atoms with van der Waals surface area (Å²) in [6.07, 6.45) is 4.36. The molecule has 0 aromatic heterocycles. The van der Waals surface area contributed by atoms with E-state index in [-0.39, 0.29) is 17.1 Å². The molecule has 5 heteroatoms. The topological polar surface area (TPSA) is 52.6 Å². The van der Waals surface area contributed by atoms with E-state index in [2.05, 4.69) is 75.3 Å². The summed E-state index contributed by atoms with van der Waals surface area (Å²) in [7, 11) is 0. The summed E-state index contributed by atoms with van der Waals surface area (Å²) < 4.78 is 0. The Morgan fingerprint density at radius 3 is 2.59 bits per heavy atom. The van der Waals surface area contributed by atoms with Gasteiger partial charge < -0.3 is 15.3 Å². The smallest absolute Gasteiger partial charge is 0.255 e. The molecule has 3 rings (SSSR count). The molecule has 1 aliphatic heterocycles. The zero-order valence-corrected chi connectivity index (χ0v) is 18.4. The first-order valence-electron chi connectivity index (χ1n) is 9.68. The molecule has 0 fully saturated rings. The normalized spacial score (nSPS) is 15.6. The highest BCUT2D eigenvalue weighted by molar-refractivity contribution is 8.07. The van der Waals surface area contributed by atoms with Gasteiger partial charge in [-0.2, -0.15) is 0 Å². The molecule has 0 aliphatic carbocycles. The third-order valence-electron chi connectivity index (χ3n) is 4.79. The van der Waals surface area contributed by atoms with Crippen LogP contribution in [0.15, 0.2) is 64.7 Å². The summed E-state index contributed by atoms with van der Waals surface area (Å²) in [5.74, 6) is -0.275. The van der Waals surface area contributed by atoms with Crippen molar-refractivity contribution in [2.75, 3.05) is 11.4 Å². The van der Waals surface area contributed by atoms with Gasteiger partial charge in [-0.15, -0.1) is 0 Å². The summed E-state index contributed by atoms with van der Waals surface area (Å²) in [5, 5.41) is 14.0. The SMILES string of the molecule is CC1=CN(c2ccc(C)cc2C)C(=CC(C)(C)CNC(=O)c2ccccc2O)S1. The number of hydrogen-bond acceptors (Lipinski definition) is 4. The van der Waals surface area contributed by atoms with E-state index in [4.69, 9.17) is 0 Å². The predicted octanol–water partition coefficient (Wildman–Crippen LogP) is 5.72. The van der Waals surface area contributed by atoms with Gasteiger partial charge in [-0.3, -0.25) is 4.79 Å². The number of nitrogens with one attached hydrogen (secondary N) is 1. The monoisotopic (exact) mass is 408 g/mol. The van der Waals surface area contributed by atoms with Crippen LogP contribution in [0.5, 0.6) is 5.75 Å². The van der Waals surface area contributed by atoms with Gasteiger partial charge in [-0.1, -0.05) is 55.4 Å². The Kier molecular flexibility index (Phi) is 6.08. The Morgan fingerprint density at radius 2 is 1.90 bits per heavy atom. The van der Waals surface area contributed by atoms with E-state index < -0.39 is 0 Å². The second kappa shape index (κ2) is 8.37. The molecule has 1 aliphatic rings. The average Bonchev–Trinajstić information content (AvgIpc) is 2.99. The highest BCUT2D eigenvalue weighted by Gasteiger charge is 2.25. The average molecular weight is 409 g/mol. The van der Waals surface area contributed by atoms with E-state index in [0.717, 1.165) is 5.03 Å². The van der Waals surface area contributed by atoms with Crippen LogP contribution in [0.25, 0.3) is 0 Å². The summed E-state index contributed by atoms with van der Waals surface area (Å²) in [4.78, 5) is 15.9. The largest absolute Gasteiger partial charge is 0.507 e. The fourth-order valence-electron chi connectivity index (χ4n) is 3.30. The number of benzene rings is 2.